The lowest BCUT2D eigenvalue weighted by Gasteiger charge is -2.14. The van der Waals surface area contributed by atoms with Gasteiger partial charge in [-0.2, -0.15) is 0 Å². The van der Waals surface area contributed by atoms with E-state index in [2.05, 4.69) is 41.7 Å². The predicted molar refractivity (Wildman–Crippen MR) is 139 cm³/mol. The Morgan fingerprint density at radius 2 is 1.50 bits per heavy atom. The third-order valence-corrected chi connectivity index (χ3v) is 6.33. The number of rotatable bonds is 6. The maximum Gasteiger partial charge on any atom is 0.407 e. The van der Waals surface area contributed by atoms with E-state index in [0.29, 0.717) is 13.2 Å². The average Bonchev–Trinajstić information content (AvgIpc) is 3.20. The van der Waals surface area contributed by atoms with Crippen molar-refractivity contribution in [2.75, 3.05) is 13.2 Å². The lowest BCUT2D eigenvalue weighted by molar-refractivity contribution is 0.144. The monoisotopic (exact) mass is 465 g/mol. The molecule has 1 aliphatic rings. The zero-order valence-corrected chi connectivity index (χ0v) is 19.3. The Balaban J connectivity index is 1.16. The molecule has 0 unspecified atom stereocenters. The number of benzene rings is 4. The summed E-state index contributed by atoms with van der Waals surface area (Å²) >= 11 is 5.99. The van der Waals surface area contributed by atoms with E-state index in [1.807, 2.05) is 72.8 Å². The predicted octanol–water partition coefficient (Wildman–Crippen LogP) is 7.56. The van der Waals surface area contributed by atoms with Crippen LogP contribution in [-0.2, 0) is 4.74 Å². The largest absolute Gasteiger partial charge is 0.449 e. The van der Waals surface area contributed by atoms with Crippen molar-refractivity contribution in [3.8, 4) is 22.3 Å². The van der Waals surface area contributed by atoms with Crippen LogP contribution in [0.4, 0.5) is 4.79 Å². The third-order valence-electron chi connectivity index (χ3n) is 6.08. The summed E-state index contributed by atoms with van der Waals surface area (Å²) in [5, 5.41) is 3.54. The first-order valence-corrected chi connectivity index (χ1v) is 11.7. The zero-order valence-electron chi connectivity index (χ0n) is 18.6. The van der Waals surface area contributed by atoms with E-state index in [-0.39, 0.29) is 5.92 Å². The summed E-state index contributed by atoms with van der Waals surface area (Å²) in [4.78, 5) is 12.3. The molecule has 1 amide bonds. The van der Waals surface area contributed by atoms with Gasteiger partial charge in [-0.25, -0.2) is 4.79 Å². The first-order valence-electron chi connectivity index (χ1n) is 11.3. The van der Waals surface area contributed by atoms with Crippen LogP contribution >= 0.6 is 11.6 Å². The molecule has 1 N–H and O–H groups in total. The molecule has 168 valence electrons. The second-order valence-corrected chi connectivity index (χ2v) is 8.68. The van der Waals surface area contributed by atoms with Crippen LogP contribution in [0.15, 0.2) is 103 Å². The summed E-state index contributed by atoms with van der Waals surface area (Å²) in [5.41, 5.74) is 8.13. The highest BCUT2D eigenvalue weighted by Gasteiger charge is 2.28. The molecule has 0 aromatic heterocycles. The smallest absolute Gasteiger partial charge is 0.407 e. The van der Waals surface area contributed by atoms with Crippen molar-refractivity contribution in [1.29, 1.82) is 0 Å². The van der Waals surface area contributed by atoms with Crippen LogP contribution in [0.5, 0.6) is 0 Å². The van der Waals surface area contributed by atoms with Gasteiger partial charge in [0.1, 0.15) is 6.61 Å². The van der Waals surface area contributed by atoms with E-state index in [1.165, 1.54) is 22.3 Å². The number of nitrogens with one attached hydrogen (secondary N) is 1. The van der Waals surface area contributed by atoms with Gasteiger partial charge in [0, 0.05) is 17.5 Å². The normalized spacial score (nSPS) is 12.4. The highest BCUT2D eigenvalue weighted by atomic mass is 35.5. The maximum atomic E-state index is 12.3. The molecule has 4 aromatic rings. The number of hydrogen-bond donors (Lipinski definition) is 1. The van der Waals surface area contributed by atoms with Crippen LogP contribution in [-0.4, -0.2) is 19.2 Å². The van der Waals surface area contributed by atoms with Crippen molar-refractivity contribution in [3.05, 3.63) is 125 Å². The van der Waals surface area contributed by atoms with Crippen molar-refractivity contribution in [3.63, 3.8) is 0 Å². The van der Waals surface area contributed by atoms with Gasteiger partial charge in [0.2, 0.25) is 0 Å². The molecule has 1 aliphatic carbocycles. The van der Waals surface area contributed by atoms with Crippen LogP contribution in [0, 0.1) is 0 Å². The van der Waals surface area contributed by atoms with Gasteiger partial charge in [-0.3, -0.25) is 0 Å². The minimum absolute atomic E-state index is 0.0595. The van der Waals surface area contributed by atoms with Gasteiger partial charge in [-0.1, -0.05) is 103 Å². The lowest BCUT2D eigenvalue weighted by atomic mass is 9.98. The van der Waals surface area contributed by atoms with Gasteiger partial charge < -0.3 is 10.1 Å². The molecule has 0 saturated heterocycles. The second-order valence-electron chi connectivity index (χ2n) is 8.24. The summed E-state index contributed by atoms with van der Waals surface area (Å²) in [6, 6.07) is 32.6. The Hall–Kier alpha value is -3.82. The van der Waals surface area contributed by atoms with Gasteiger partial charge in [0.05, 0.1) is 0 Å². The number of hydrogen-bond acceptors (Lipinski definition) is 2. The van der Waals surface area contributed by atoms with E-state index >= 15 is 0 Å². The van der Waals surface area contributed by atoms with E-state index in [0.717, 1.165) is 21.7 Å². The molecule has 4 heteroatoms. The maximum absolute atomic E-state index is 12.3. The molecule has 0 heterocycles. The van der Waals surface area contributed by atoms with Crippen molar-refractivity contribution >= 4 is 23.8 Å². The van der Waals surface area contributed by atoms with Gasteiger partial charge >= 0.3 is 6.09 Å². The molecule has 0 radical (unpaired) electrons. The Morgan fingerprint density at radius 1 is 0.824 bits per heavy atom. The summed E-state index contributed by atoms with van der Waals surface area (Å²) in [6.07, 6.45) is 3.49. The van der Waals surface area contributed by atoms with Crippen LogP contribution in [0.3, 0.4) is 0 Å². The number of carbonyl (C=O) groups excluding carboxylic acids is 1. The van der Waals surface area contributed by atoms with Gasteiger partial charge in [-0.05, 0) is 57.1 Å². The van der Waals surface area contributed by atoms with E-state index < -0.39 is 6.09 Å². The standard InChI is InChI=1S/C30H24ClNO2/c31-24-16-14-22(15-17-24)23-9-5-7-21(19-23)8-6-18-32-30(33)34-20-29-27-12-3-1-10-25(27)26-11-2-4-13-28(26)29/h1-17,19,29H,18,20H2,(H,32,33). The fourth-order valence-corrected chi connectivity index (χ4v) is 4.58. The molecule has 34 heavy (non-hydrogen) atoms. The Labute approximate surface area is 204 Å². The highest BCUT2D eigenvalue weighted by Crippen LogP contribution is 2.44. The number of halogens is 1. The third kappa shape index (κ3) is 4.75. The zero-order chi connectivity index (χ0) is 23.3. The van der Waals surface area contributed by atoms with E-state index in [9.17, 15) is 4.79 Å². The van der Waals surface area contributed by atoms with Gasteiger partial charge in [0.25, 0.3) is 0 Å². The van der Waals surface area contributed by atoms with E-state index in [1.54, 1.807) is 0 Å². The van der Waals surface area contributed by atoms with Crippen LogP contribution in [0.1, 0.15) is 22.6 Å². The summed E-state index contributed by atoms with van der Waals surface area (Å²) in [7, 11) is 0. The topological polar surface area (TPSA) is 38.3 Å². The lowest BCUT2D eigenvalue weighted by Crippen LogP contribution is -2.26. The summed E-state index contributed by atoms with van der Waals surface area (Å²) in [5.74, 6) is 0.0595. The Morgan fingerprint density at radius 3 is 2.21 bits per heavy atom. The van der Waals surface area contributed by atoms with Crippen molar-refractivity contribution in [1.82, 2.24) is 5.32 Å². The molecule has 3 nitrogen and oxygen atoms in total. The number of carbonyl (C=O) groups is 1. The fourth-order valence-electron chi connectivity index (χ4n) is 4.45. The number of ether oxygens (including phenoxy) is 1. The van der Waals surface area contributed by atoms with Crippen molar-refractivity contribution in [2.45, 2.75) is 5.92 Å². The molecule has 0 saturated carbocycles. The molecule has 0 atom stereocenters. The average molecular weight is 466 g/mol. The fraction of sp³-hybridized carbons (Fsp3) is 0.100. The second kappa shape index (κ2) is 9.98. The Kier molecular flexibility index (Phi) is 6.46. The number of amides is 1. The highest BCUT2D eigenvalue weighted by molar-refractivity contribution is 6.30. The molecule has 0 fully saturated rings. The molecule has 4 aromatic carbocycles. The van der Waals surface area contributed by atoms with E-state index in [4.69, 9.17) is 16.3 Å². The SMILES string of the molecule is O=C(NCC=Cc1cccc(-c2ccc(Cl)cc2)c1)OCC1c2ccccc2-c2ccccc21. The number of fused-ring (bicyclic) bond motifs is 3. The molecule has 0 aliphatic heterocycles. The first kappa shape index (κ1) is 22.0. The molecular formula is C30H24ClNO2. The molecular weight excluding hydrogens is 442 g/mol. The van der Waals surface area contributed by atoms with Gasteiger partial charge in [-0.15, -0.1) is 0 Å². The summed E-state index contributed by atoms with van der Waals surface area (Å²) < 4.78 is 5.58. The van der Waals surface area contributed by atoms with Gasteiger partial charge in [0.15, 0.2) is 0 Å². The van der Waals surface area contributed by atoms with Crippen molar-refractivity contribution < 1.29 is 9.53 Å². The van der Waals surface area contributed by atoms with Crippen LogP contribution in [0.2, 0.25) is 5.02 Å². The van der Waals surface area contributed by atoms with Crippen LogP contribution < -0.4 is 5.32 Å². The Bertz CT molecular complexity index is 1300. The minimum Gasteiger partial charge on any atom is -0.449 e. The first-order chi connectivity index (χ1) is 16.7. The quantitative estimate of drug-likeness (QED) is 0.319. The molecule has 5 rings (SSSR count). The minimum atomic E-state index is -0.415. The van der Waals surface area contributed by atoms with Crippen LogP contribution in [0.25, 0.3) is 28.3 Å². The summed E-state index contributed by atoms with van der Waals surface area (Å²) in [6.45, 7) is 0.703. The number of alkyl carbamates (subject to hydrolysis) is 1. The molecule has 0 bridgehead atoms. The molecule has 0 spiro atoms. The van der Waals surface area contributed by atoms with Crippen molar-refractivity contribution in [2.24, 2.45) is 0 Å².